The van der Waals surface area contributed by atoms with E-state index in [0.29, 0.717) is 24.8 Å². The molecule has 3 atom stereocenters. The number of rotatable bonds is 6. The number of H-pyrrole nitrogens is 1. The Balaban J connectivity index is 1.57. The highest BCUT2D eigenvalue weighted by atomic mass is 16.5. The highest BCUT2D eigenvalue weighted by Gasteiger charge is 2.29. The summed E-state index contributed by atoms with van der Waals surface area (Å²) in [5, 5.41) is 3.50. The summed E-state index contributed by atoms with van der Waals surface area (Å²) < 4.78 is 5.38. The molecule has 0 aliphatic carbocycles. The van der Waals surface area contributed by atoms with Crippen LogP contribution < -0.4 is 16.8 Å². The molecular formula is C17H26N6O2. The van der Waals surface area contributed by atoms with Crippen LogP contribution in [0.1, 0.15) is 44.7 Å². The van der Waals surface area contributed by atoms with Gasteiger partial charge in [-0.1, -0.05) is 13.8 Å². The molecule has 3 rings (SSSR count). The number of esters is 1. The Morgan fingerprint density at radius 2 is 2.20 bits per heavy atom. The minimum atomic E-state index is -0.550. The first-order chi connectivity index (χ1) is 12.0. The van der Waals surface area contributed by atoms with E-state index in [4.69, 9.17) is 16.2 Å². The Kier molecular flexibility index (Phi) is 5.19. The Morgan fingerprint density at radius 1 is 1.40 bits per heavy atom. The number of aromatic amines is 1. The second-order valence-electron chi connectivity index (χ2n) is 7.09. The van der Waals surface area contributed by atoms with E-state index < -0.39 is 6.04 Å². The number of nitrogens with one attached hydrogen (secondary N) is 2. The Hall–Kier alpha value is -2.19. The van der Waals surface area contributed by atoms with E-state index in [1.54, 1.807) is 0 Å². The number of hydrogen-bond acceptors (Lipinski definition) is 7. The van der Waals surface area contributed by atoms with Gasteiger partial charge in [0.25, 0.3) is 0 Å². The smallest absolute Gasteiger partial charge is 0.322 e. The van der Waals surface area contributed by atoms with Crippen LogP contribution in [0, 0.1) is 5.92 Å². The summed E-state index contributed by atoms with van der Waals surface area (Å²) in [7, 11) is 0. The van der Waals surface area contributed by atoms with Gasteiger partial charge in [-0.05, 0) is 25.2 Å². The van der Waals surface area contributed by atoms with Gasteiger partial charge in [0.15, 0.2) is 5.82 Å². The van der Waals surface area contributed by atoms with E-state index in [-0.39, 0.29) is 18.1 Å². The van der Waals surface area contributed by atoms with Crippen LogP contribution >= 0.6 is 0 Å². The zero-order chi connectivity index (χ0) is 18.0. The number of nitrogens with two attached hydrogens (primary N) is 2. The SMILES string of the molecule is CC(C)CC(N)C(=O)OCC1CCC(c2c[nH]c3c(N)ncnc23)N1. The molecule has 1 aliphatic rings. The lowest BCUT2D eigenvalue weighted by atomic mass is 10.1. The van der Waals surface area contributed by atoms with Crippen molar-refractivity contribution < 1.29 is 9.53 Å². The average molecular weight is 346 g/mol. The first kappa shape index (κ1) is 17.6. The molecule has 136 valence electrons. The van der Waals surface area contributed by atoms with Crippen LogP contribution in [0.4, 0.5) is 5.82 Å². The van der Waals surface area contributed by atoms with Crippen molar-refractivity contribution in [1.29, 1.82) is 0 Å². The third kappa shape index (κ3) is 3.91. The van der Waals surface area contributed by atoms with Crippen LogP contribution in [0.3, 0.4) is 0 Å². The molecule has 8 nitrogen and oxygen atoms in total. The van der Waals surface area contributed by atoms with E-state index in [2.05, 4.69) is 20.3 Å². The lowest BCUT2D eigenvalue weighted by molar-refractivity contribution is -0.146. The summed E-state index contributed by atoms with van der Waals surface area (Å²) in [4.78, 5) is 23.4. The number of carbonyl (C=O) groups excluding carboxylic acids is 1. The standard InChI is InChI=1S/C17H26N6O2/c1-9(2)5-12(18)17(24)25-7-10-3-4-13(23-10)11-6-20-15-14(11)21-8-22-16(15)19/h6,8-10,12-13,20,23H,3-5,7,18H2,1-2H3,(H2,19,21,22). The van der Waals surface area contributed by atoms with Gasteiger partial charge in [0.2, 0.25) is 0 Å². The van der Waals surface area contributed by atoms with E-state index in [0.717, 1.165) is 29.4 Å². The molecule has 0 saturated carbocycles. The van der Waals surface area contributed by atoms with Crippen molar-refractivity contribution in [3.8, 4) is 0 Å². The fourth-order valence-corrected chi connectivity index (χ4v) is 3.33. The summed E-state index contributed by atoms with van der Waals surface area (Å²) >= 11 is 0. The zero-order valence-corrected chi connectivity index (χ0v) is 14.7. The van der Waals surface area contributed by atoms with Crippen molar-refractivity contribution >= 4 is 22.8 Å². The van der Waals surface area contributed by atoms with Gasteiger partial charge < -0.3 is 26.5 Å². The number of fused-ring (bicyclic) bond motifs is 1. The van der Waals surface area contributed by atoms with Crippen molar-refractivity contribution in [2.24, 2.45) is 11.7 Å². The molecule has 1 aliphatic heterocycles. The molecule has 2 aromatic heterocycles. The summed E-state index contributed by atoms with van der Waals surface area (Å²) in [5.74, 6) is 0.484. The molecule has 3 heterocycles. The van der Waals surface area contributed by atoms with Crippen molar-refractivity contribution in [1.82, 2.24) is 20.3 Å². The van der Waals surface area contributed by atoms with Crippen molar-refractivity contribution in [2.45, 2.75) is 51.2 Å². The van der Waals surface area contributed by atoms with E-state index >= 15 is 0 Å². The first-order valence-electron chi connectivity index (χ1n) is 8.71. The number of carbonyl (C=O) groups is 1. The van der Waals surface area contributed by atoms with Gasteiger partial charge in [0.1, 0.15) is 24.5 Å². The number of nitrogens with zero attached hydrogens (tertiary/aromatic N) is 2. The van der Waals surface area contributed by atoms with Gasteiger partial charge in [0, 0.05) is 23.8 Å². The van der Waals surface area contributed by atoms with Crippen LogP contribution in [0.25, 0.3) is 11.0 Å². The molecule has 2 aromatic rings. The van der Waals surface area contributed by atoms with Crippen LogP contribution in [-0.4, -0.2) is 39.6 Å². The minimum Gasteiger partial charge on any atom is -0.463 e. The second-order valence-corrected chi connectivity index (χ2v) is 7.09. The predicted octanol–water partition coefficient (Wildman–Crippen LogP) is 1.25. The number of ether oxygens (including phenoxy) is 1. The number of aromatic nitrogens is 3. The van der Waals surface area contributed by atoms with Gasteiger partial charge in [-0.15, -0.1) is 0 Å². The van der Waals surface area contributed by atoms with Gasteiger partial charge in [-0.2, -0.15) is 0 Å². The maximum atomic E-state index is 11.9. The highest BCUT2D eigenvalue weighted by Crippen LogP contribution is 2.31. The molecule has 6 N–H and O–H groups in total. The predicted molar refractivity (Wildman–Crippen MR) is 95.6 cm³/mol. The minimum absolute atomic E-state index is 0.115. The van der Waals surface area contributed by atoms with E-state index in [1.165, 1.54) is 6.33 Å². The van der Waals surface area contributed by atoms with E-state index in [9.17, 15) is 4.79 Å². The molecular weight excluding hydrogens is 320 g/mol. The van der Waals surface area contributed by atoms with Crippen LogP contribution in [0.5, 0.6) is 0 Å². The molecule has 0 aromatic carbocycles. The lowest BCUT2D eigenvalue weighted by Gasteiger charge is -2.17. The van der Waals surface area contributed by atoms with Crippen LogP contribution in [0.15, 0.2) is 12.5 Å². The van der Waals surface area contributed by atoms with E-state index in [1.807, 2.05) is 20.0 Å². The number of hydrogen-bond donors (Lipinski definition) is 4. The molecule has 25 heavy (non-hydrogen) atoms. The lowest BCUT2D eigenvalue weighted by Crippen LogP contribution is -2.37. The summed E-state index contributed by atoms with van der Waals surface area (Å²) in [6.45, 7) is 4.40. The van der Waals surface area contributed by atoms with Crippen molar-refractivity contribution in [2.75, 3.05) is 12.3 Å². The topological polar surface area (TPSA) is 132 Å². The Labute approximate surface area is 146 Å². The Bertz CT molecular complexity index is 744. The first-order valence-corrected chi connectivity index (χ1v) is 8.71. The average Bonchev–Trinajstić information content (AvgIpc) is 3.18. The third-order valence-electron chi connectivity index (χ3n) is 4.59. The molecule has 0 amide bonds. The van der Waals surface area contributed by atoms with Crippen LogP contribution in [0.2, 0.25) is 0 Å². The summed E-state index contributed by atoms with van der Waals surface area (Å²) in [6, 6.07) is -0.286. The summed E-state index contributed by atoms with van der Waals surface area (Å²) in [5.41, 5.74) is 14.4. The number of nitrogen functional groups attached to an aromatic ring is 1. The normalized spacial score (nSPS) is 21.8. The largest absolute Gasteiger partial charge is 0.463 e. The van der Waals surface area contributed by atoms with Gasteiger partial charge >= 0.3 is 5.97 Å². The maximum Gasteiger partial charge on any atom is 0.322 e. The fourth-order valence-electron chi connectivity index (χ4n) is 3.33. The van der Waals surface area contributed by atoms with Crippen molar-refractivity contribution in [3.05, 3.63) is 18.1 Å². The quantitative estimate of drug-likeness (QED) is 0.579. The van der Waals surface area contributed by atoms with Gasteiger partial charge in [0.05, 0.1) is 5.52 Å². The maximum absolute atomic E-state index is 11.9. The summed E-state index contributed by atoms with van der Waals surface area (Å²) in [6.07, 6.45) is 5.89. The number of anilines is 1. The molecule has 0 bridgehead atoms. The molecule has 8 heteroatoms. The monoisotopic (exact) mass is 346 g/mol. The van der Waals surface area contributed by atoms with Crippen LogP contribution in [-0.2, 0) is 9.53 Å². The Morgan fingerprint density at radius 3 is 2.96 bits per heavy atom. The molecule has 1 saturated heterocycles. The fraction of sp³-hybridized carbons (Fsp3) is 0.588. The van der Waals surface area contributed by atoms with Crippen molar-refractivity contribution in [3.63, 3.8) is 0 Å². The zero-order valence-electron chi connectivity index (χ0n) is 14.7. The highest BCUT2D eigenvalue weighted by molar-refractivity contribution is 5.87. The van der Waals surface area contributed by atoms with Gasteiger partial charge in [-0.3, -0.25) is 4.79 Å². The van der Waals surface area contributed by atoms with Gasteiger partial charge in [-0.25, -0.2) is 9.97 Å². The second kappa shape index (κ2) is 7.37. The molecule has 1 fully saturated rings. The third-order valence-corrected chi connectivity index (χ3v) is 4.59. The molecule has 0 radical (unpaired) electrons. The molecule has 3 unspecified atom stereocenters. The molecule has 0 spiro atoms.